The number of aliphatic hydroxyl groups excluding tert-OH is 1. The molecule has 0 spiro atoms. The zero-order valence-corrected chi connectivity index (χ0v) is 12.4. The van der Waals surface area contributed by atoms with Crippen LogP contribution in [0.2, 0.25) is 0 Å². The molecular weight excluding hydrogens is 278 g/mol. The van der Waals surface area contributed by atoms with E-state index in [1.54, 1.807) is 4.90 Å². The van der Waals surface area contributed by atoms with Crippen molar-refractivity contribution < 1.29 is 24.6 Å². The van der Waals surface area contributed by atoms with E-state index >= 15 is 0 Å². The summed E-state index contributed by atoms with van der Waals surface area (Å²) >= 11 is 0. The van der Waals surface area contributed by atoms with Crippen molar-refractivity contribution in [1.29, 1.82) is 0 Å². The van der Waals surface area contributed by atoms with E-state index in [1.165, 1.54) is 0 Å². The topological polar surface area (TPSA) is 110 Å². The second kappa shape index (κ2) is 7.94. The van der Waals surface area contributed by atoms with Gasteiger partial charge in [-0.15, -0.1) is 0 Å². The number of carboxylic acid groups (broad SMARTS) is 1. The lowest BCUT2D eigenvalue weighted by Crippen LogP contribution is -2.46. The van der Waals surface area contributed by atoms with Crippen LogP contribution in [0.4, 0.5) is 0 Å². The zero-order valence-electron chi connectivity index (χ0n) is 12.4. The highest BCUT2D eigenvalue weighted by Crippen LogP contribution is 2.18. The Morgan fingerprint density at radius 3 is 2.67 bits per heavy atom. The Hall–Kier alpha value is -1.67. The van der Waals surface area contributed by atoms with Crippen LogP contribution in [0.1, 0.15) is 12.8 Å². The maximum absolute atomic E-state index is 11.9. The third-order valence-corrected chi connectivity index (χ3v) is 3.42. The lowest BCUT2D eigenvalue weighted by molar-refractivity contribution is -0.143. The third kappa shape index (κ3) is 5.31. The van der Waals surface area contributed by atoms with Crippen LogP contribution in [-0.2, 0) is 14.4 Å². The summed E-state index contributed by atoms with van der Waals surface area (Å²) in [5.41, 5.74) is 0. The predicted octanol–water partition coefficient (Wildman–Crippen LogP) is -1.65. The fourth-order valence-corrected chi connectivity index (χ4v) is 2.22. The van der Waals surface area contributed by atoms with Crippen LogP contribution in [0.3, 0.4) is 0 Å². The SMILES string of the molecule is CN(C)CCCN1CC(C(=O)NC(CO)C(=O)O)CC1=O. The molecule has 1 fully saturated rings. The molecule has 2 unspecified atom stereocenters. The summed E-state index contributed by atoms with van der Waals surface area (Å²) in [4.78, 5) is 38.1. The normalized spacial score (nSPS) is 19.9. The minimum absolute atomic E-state index is 0.0889. The number of aliphatic hydroxyl groups is 1. The molecule has 1 aliphatic rings. The van der Waals surface area contributed by atoms with E-state index in [2.05, 4.69) is 5.32 Å². The highest BCUT2D eigenvalue weighted by Gasteiger charge is 2.35. The molecule has 0 aromatic heterocycles. The number of nitrogens with one attached hydrogen (secondary N) is 1. The van der Waals surface area contributed by atoms with E-state index in [1.807, 2.05) is 19.0 Å². The lowest BCUT2D eigenvalue weighted by atomic mass is 10.1. The van der Waals surface area contributed by atoms with Crippen molar-refractivity contribution in [2.75, 3.05) is 40.3 Å². The van der Waals surface area contributed by atoms with Gasteiger partial charge in [-0.1, -0.05) is 0 Å². The van der Waals surface area contributed by atoms with Gasteiger partial charge < -0.3 is 25.3 Å². The number of rotatable bonds is 8. The number of aliphatic carboxylic acids is 1. The summed E-state index contributed by atoms with van der Waals surface area (Å²) < 4.78 is 0. The molecule has 0 aromatic carbocycles. The quantitative estimate of drug-likeness (QED) is 0.495. The molecule has 1 heterocycles. The smallest absolute Gasteiger partial charge is 0.328 e. The average molecular weight is 301 g/mol. The van der Waals surface area contributed by atoms with Crippen molar-refractivity contribution >= 4 is 17.8 Å². The number of amides is 2. The predicted molar refractivity (Wildman–Crippen MR) is 74.5 cm³/mol. The van der Waals surface area contributed by atoms with Crippen LogP contribution in [0.15, 0.2) is 0 Å². The molecular formula is C13H23N3O5. The minimum Gasteiger partial charge on any atom is -0.480 e. The van der Waals surface area contributed by atoms with Crippen LogP contribution in [-0.4, -0.2) is 84.2 Å². The van der Waals surface area contributed by atoms with Crippen molar-refractivity contribution in [3.8, 4) is 0 Å². The Morgan fingerprint density at radius 1 is 1.48 bits per heavy atom. The molecule has 21 heavy (non-hydrogen) atoms. The van der Waals surface area contributed by atoms with E-state index in [-0.39, 0.29) is 12.3 Å². The monoisotopic (exact) mass is 301 g/mol. The van der Waals surface area contributed by atoms with Gasteiger partial charge in [0, 0.05) is 19.5 Å². The molecule has 8 nitrogen and oxygen atoms in total. The molecule has 120 valence electrons. The van der Waals surface area contributed by atoms with Crippen molar-refractivity contribution in [1.82, 2.24) is 15.1 Å². The summed E-state index contributed by atoms with van der Waals surface area (Å²) in [7, 11) is 3.89. The van der Waals surface area contributed by atoms with Gasteiger partial charge in [0.25, 0.3) is 0 Å². The molecule has 1 rings (SSSR count). The van der Waals surface area contributed by atoms with E-state index in [0.29, 0.717) is 13.1 Å². The molecule has 1 saturated heterocycles. The highest BCUT2D eigenvalue weighted by molar-refractivity contribution is 5.91. The summed E-state index contributed by atoms with van der Waals surface area (Å²) in [6, 6.07) is -1.32. The summed E-state index contributed by atoms with van der Waals surface area (Å²) in [6.07, 6.45) is 0.910. The Balaban J connectivity index is 2.45. The van der Waals surface area contributed by atoms with E-state index in [4.69, 9.17) is 10.2 Å². The van der Waals surface area contributed by atoms with Gasteiger partial charge in [0.05, 0.1) is 12.5 Å². The molecule has 0 bridgehead atoms. The summed E-state index contributed by atoms with van der Waals surface area (Å²) in [5, 5.41) is 19.9. The van der Waals surface area contributed by atoms with Gasteiger partial charge in [0.15, 0.2) is 0 Å². The largest absolute Gasteiger partial charge is 0.480 e. The second-order valence-corrected chi connectivity index (χ2v) is 5.48. The number of hydrogen-bond donors (Lipinski definition) is 3. The van der Waals surface area contributed by atoms with E-state index < -0.39 is 30.4 Å². The molecule has 3 N–H and O–H groups in total. The number of carbonyl (C=O) groups excluding carboxylic acids is 2. The molecule has 2 amide bonds. The number of carbonyl (C=O) groups is 3. The lowest BCUT2D eigenvalue weighted by Gasteiger charge is -2.18. The first-order valence-corrected chi connectivity index (χ1v) is 6.91. The van der Waals surface area contributed by atoms with Gasteiger partial charge in [-0.3, -0.25) is 9.59 Å². The fourth-order valence-electron chi connectivity index (χ4n) is 2.22. The van der Waals surface area contributed by atoms with E-state index in [9.17, 15) is 14.4 Å². The van der Waals surface area contributed by atoms with Crippen LogP contribution in [0.5, 0.6) is 0 Å². The van der Waals surface area contributed by atoms with Gasteiger partial charge in [0.2, 0.25) is 11.8 Å². The first-order chi connectivity index (χ1) is 9.85. The van der Waals surface area contributed by atoms with Gasteiger partial charge in [-0.05, 0) is 27.1 Å². The molecule has 2 atom stereocenters. The van der Waals surface area contributed by atoms with Gasteiger partial charge in [-0.25, -0.2) is 4.79 Å². The van der Waals surface area contributed by atoms with Gasteiger partial charge >= 0.3 is 5.97 Å². The van der Waals surface area contributed by atoms with Crippen LogP contribution in [0.25, 0.3) is 0 Å². The van der Waals surface area contributed by atoms with Crippen LogP contribution in [0, 0.1) is 5.92 Å². The Morgan fingerprint density at radius 2 is 2.14 bits per heavy atom. The molecule has 0 aliphatic carbocycles. The number of carboxylic acids is 1. The standard InChI is InChI=1S/C13H23N3O5/c1-15(2)4-3-5-16-7-9(6-11(16)18)12(19)14-10(8-17)13(20)21/h9-10,17H,3-8H2,1-2H3,(H,14,19)(H,20,21). The molecule has 8 heteroatoms. The highest BCUT2D eigenvalue weighted by atomic mass is 16.4. The van der Waals surface area contributed by atoms with Crippen molar-refractivity contribution in [3.05, 3.63) is 0 Å². The third-order valence-electron chi connectivity index (χ3n) is 3.42. The van der Waals surface area contributed by atoms with Crippen molar-refractivity contribution in [2.24, 2.45) is 5.92 Å². The van der Waals surface area contributed by atoms with Crippen LogP contribution >= 0.6 is 0 Å². The van der Waals surface area contributed by atoms with Gasteiger partial charge in [0.1, 0.15) is 6.04 Å². The summed E-state index contributed by atoms with van der Waals surface area (Å²) in [5.74, 6) is -2.44. The first-order valence-electron chi connectivity index (χ1n) is 6.91. The minimum atomic E-state index is -1.32. The molecule has 1 aliphatic heterocycles. The summed E-state index contributed by atoms with van der Waals surface area (Å²) in [6.45, 7) is 1.07. The number of hydrogen-bond acceptors (Lipinski definition) is 5. The number of nitrogens with zero attached hydrogens (tertiary/aromatic N) is 2. The van der Waals surface area contributed by atoms with E-state index in [0.717, 1.165) is 13.0 Å². The molecule has 0 aromatic rings. The first kappa shape index (κ1) is 17.4. The Labute approximate surface area is 123 Å². The average Bonchev–Trinajstić information content (AvgIpc) is 2.76. The van der Waals surface area contributed by atoms with Gasteiger partial charge in [-0.2, -0.15) is 0 Å². The Kier molecular flexibility index (Phi) is 6.57. The van der Waals surface area contributed by atoms with Crippen LogP contribution < -0.4 is 5.32 Å². The molecule has 0 saturated carbocycles. The zero-order chi connectivity index (χ0) is 16.0. The second-order valence-electron chi connectivity index (χ2n) is 5.48. The fraction of sp³-hybridized carbons (Fsp3) is 0.769. The number of likely N-dealkylation sites (tertiary alicyclic amines) is 1. The maximum Gasteiger partial charge on any atom is 0.328 e. The van der Waals surface area contributed by atoms with Crippen molar-refractivity contribution in [3.63, 3.8) is 0 Å². The maximum atomic E-state index is 11.9. The van der Waals surface area contributed by atoms with Crippen molar-refractivity contribution in [2.45, 2.75) is 18.9 Å². The Bertz CT molecular complexity index is 399. The molecule has 0 radical (unpaired) electrons.